The van der Waals surface area contributed by atoms with E-state index in [0.29, 0.717) is 21.7 Å². The lowest BCUT2D eigenvalue weighted by molar-refractivity contribution is 0.420. The number of anilines is 1. The van der Waals surface area contributed by atoms with Crippen LogP contribution in [0, 0.1) is 11.7 Å². The van der Waals surface area contributed by atoms with Crippen molar-refractivity contribution in [3.8, 4) is 0 Å². The Morgan fingerprint density at radius 2 is 1.96 bits per heavy atom. The second-order valence-corrected chi connectivity index (χ2v) is 7.75. The third-order valence-corrected chi connectivity index (χ3v) is 5.70. The van der Waals surface area contributed by atoms with Gasteiger partial charge in [0.15, 0.2) is 0 Å². The minimum atomic E-state index is -0.247. The molecule has 1 aliphatic carbocycles. The first-order valence-corrected chi connectivity index (χ1v) is 8.96. The monoisotopic (exact) mass is 411 g/mol. The molecule has 4 rings (SSSR count). The minimum absolute atomic E-state index is 0.0389. The van der Waals surface area contributed by atoms with Gasteiger partial charge in [-0.15, -0.1) is 0 Å². The molecule has 23 heavy (non-hydrogen) atoms. The number of allylic oxidation sites excluding steroid dienone is 2. The van der Waals surface area contributed by atoms with Crippen LogP contribution in [-0.4, -0.2) is 0 Å². The van der Waals surface area contributed by atoms with E-state index in [1.165, 1.54) is 6.07 Å². The van der Waals surface area contributed by atoms with Crippen LogP contribution < -0.4 is 5.32 Å². The van der Waals surface area contributed by atoms with E-state index in [0.717, 1.165) is 22.0 Å². The maximum Gasteiger partial charge on any atom is 0.147 e. The van der Waals surface area contributed by atoms with Crippen LogP contribution in [0.3, 0.4) is 0 Å². The molecular weight excluding hydrogens is 400 g/mol. The van der Waals surface area contributed by atoms with Crippen molar-refractivity contribution in [3.63, 3.8) is 0 Å². The number of hydrogen-bond acceptors (Lipinski definition) is 1. The molecule has 1 N–H and O–H groups in total. The molecule has 3 atom stereocenters. The Bertz CT molecular complexity index is 821. The zero-order chi connectivity index (χ0) is 16.1. The fourth-order valence-electron chi connectivity index (χ4n) is 3.68. The van der Waals surface area contributed by atoms with E-state index < -0.39 is 0 Å². The minimum Gasteiger partial charge on any atom is -0.375 e. The zero-order valence-corrected chi connectivity index (χ0v) is 15.1. The first-order valence-electron chi connectivity index (χ1n) is 7.41. The predicted molar refractivity (Wildman–Crippen MR) is 96.9 cm³/mol. The summed E-state index contributed by atoms with van der Waals surface area (Å²) in [6.45, 7) is 0. The van der Waals surface area contributed by atoms with Crippen molar-refractivity contribution < 1.29 is 4.39 Å². The Hall–Kier alpha value is -1.03. The molecule has 0 aromatic heterocycles. The lowest BCUT2D eigenvalue weighted by Gasteiger charge is -2.38. The highest BCUT2D eigenvalue weighted by Crippen LogP contribution is 2.52. The average molecular weight is 413 g/mol. The molecule has 0 amide bonds. The lowest BCUT2D eigenvalue weighted by Crippen LogP contribution is -2.30. The van der Waals surface area contributed by atoms with Crippen LogP contribution in [0.2, 0.25) is 10.0 Å². The third kappa shape index (κ3) is 2.59. The van der Waals surface area contributed by atoms with Crippen molar-refractivity contribution in [1.82, 2.24) is 0 Å². The van der Waals surface area contributed by atoms with E-state index in [9.17, 15) is 4.39 Å². The van der Waals surface area contributed by atoms with Crippen molar-refractivity contribution in [3.05, 3.63) is 73.9 Å². The van der Waals surface area contributed by atoms with Crippen LogP contribution >= 0.6 is 39.1 Å². The van der Waals surface area contributed by atoms with E-state index in [4.69, 9.17) is 23.2 Å². The maximum absolute atomic E-state index is 14.5. The maximum atomic E-state index is 14.5. The van der Waals surface area contributed by atoms with Gasteiger partial charge in [0, 0.05) is 20.4 Å². The standard InChI is InChI=1S/C18H13BrCl2FN/c19-9-6-14-11-2-1-3-12(11)17(23-18(14)16(22)7-9)13-5-4-10(20)8-15(13)21/h1-2,4-8,11-12,17,23H,3H2/t11-,12+,17+/m1/s1. The Morgan fingerprint density at radius 1 is 1.13 bits per heavy atom. The second-order valence-electron chi connectivity index (χ2n) is 5.99. The molecule has 0 bridgehead atoms. The van der Waals surface area contributed by atoms with Crippen LogP contribution in [-0.2, 0) is 0 Å². The van der Waals surface area contributed by atoms with Gasteiger partial charge in [-0.2, -0.15) is 0 Å². The summed E-state index contributed by atoms with van der Waals surface area (Å²) in [6.07, 6.45) is 5.28. The highest BCUT2D eigenvalue weighted by molar-refractivity contribution is 9.10. The second kappa shape index (κ2) is 5.80. The summed E-state index contributed by atoms with van der Waals surface area (Å²) in [5.74, 6) is 0.257. The van der Waals surface area contributed by atoms with E-state index in [1.807, 2.05) is 18.2 Å². The van der Waals surface area contributed by atoms with Crippen molar-refractivity contribution in [2.45, 2.75) is 18.4 Å². The molecule has 0 spiro atoms. The zero-order valence-electron chi connectivity index (χ0n) is 12.0. The van der Waals surface area contributed by atoms with Crippen LogP contribution in [0.25, 0.3) is 0 Å². The van der Waals surface area contributed by atoms with Gasteiger partial charge in [0.2, 0.25) is 0 Å². The molecule has 1 nitrogen and oxygen atoms in total. The molecule has 1 aliphatic heterocycles. The first kappa shape index (κ1) is 15.5. The van der Waals surface area contributed by atoms with E-state index >= 15 is 0 Å². The van der Waals surface area contributed by atoms with Crippen LogP contribution in [0.15, 0.2) is 47.0 Å². The predicted octanol–water partition coefficient (Wildman–Crippen LogP) is 6.72. The van der Waals surface area contributed by atoms with Crippen molar-refractivity contribution >= 4 is 44.8 Å². The number of hydrogen-bond donors (Lipinski definition) is 1. The van der Waals surface area contributed by atoms with Gasteiger partial charge in [-0.3, -0.25) is 0 Å². The largest absolute Gasteiger partial charge is 0.375 e. The van der Waals surface area contributed by atoms with Gasteiger partial charge in [-0.1, -0.05) is 57.4 Å². The van der Waals surface area contributed by atoms with Gasteiger partial charge in [-0.25, -0.2) is 4.39 Å². The van der Waals surface area contributed by atoms with Crippen LogP contribution in [0.5, 0.6) is 0 Å². The van der Waals surface area contributed by atoms with Crippen molar-refractivity contribution in [2.75, 3.05) is 5.32 Å². The molecule has 5 heteroatoms. The molecule has 118 valence electrons. The van der Waals surface area contributed by atoms with E-state index in [1.54, 1.807) is 6.07 Å². The summed E-state index contributed by atoms with van der Waals surface area (Å²) < 4.78 is 15.2. The Kier molecular flexibility index (Phi) is 3.91. The van der Waals surface area contributed by atoms with Gasteiger partial charge < -0.3 is 5.32 Å². The summed E-state index contributed by atoms with van der Waals surface area (Å²) in [4.78, 5) is 0. The first-order chi connectivity index (χ1) is 11.0. The van der Waals surface area contributed by atoms with Crippen molar-refractivity contribution in [1.29, 1.82) is 0 Å². The quantitative estimate of drug-likeness (QED) is 0.512. The number of halogens is 4. The SMILES string of the molecule is Fc1cc(Br)cc2c1N[C@H](c1ccc(Cl)cc1Cl)[C@H]1CC=C[C@@H]21. The highest BCUT2D eigenvalue weighted by atomic mass is 79.9. The third-order valence-electron chi connectivity index (χ3n) is 4.68. The van der Waals surface area contributed by atoms with Crippen LogP contribution in [0.4, 0.5) is 10.1 Å². The molecule has 0 unspecified atom stereocenters. The highest BCUT2D eigenvalue weighted by Gasteiger charge is 2.39. The Morgan fingerprint density at radius 3 is 2.74 bits per heavy atom. The number of nitrogens with one attached hydrogen (secondary N) is 1. The molecule has 0 saturated heterocycles. The Labute approximate surface area is 152 Å². The van der Waals surface area contributed by atoms with Gasteiger partial charge in [-0.05, 0) is 47.7 Å². The van der Waals surface area contributed by atoms with Gasteiger partial charge >= 0.3 is 0 Å². The van der Waals surface area contributed by atoms with Crippen LogP contribution in [0.1, 0.15) is 29.5 Å². The average Bonchev–Trinajstić information content (AvgIpc) is 2.97. The number of benzene rings is 2. The number of fused-ring (bicyclic) bond motifs is 3. The summed E-state index contributed by atoms with van der Waals surface area (Å²) in [5, 5.41) is 4.59. The smallest absolute Gasteiger partial charge is 0.147 e. The Balaban J connectivity index is 1.84. The number of rotatable bonds is 1. The summed E-state index contributed by atoms with van der Waals surface area (Å²) in [7, 11) is 0. The summed E-state index contributed by atoms with van der Waals surface area (Å²) in [5.41, 5.74) is 2.52. The topological polar surface area (TPSA) is 12.0 Å². The molecule has 0 saturated carbocycles. The fraction of sp³-hybridized carbons (Fsp3) is 0.222. The van der Waals surface area contributed by atoms with Gasteiger partial charge in [0.05, 0.1) is 11.7 Å². The molecular formula is C18H13BrCl2FN. The normalized spacial score (nSPS) is 25.0. The molecule has 2 aromatic carbocycles. The molecule has 0 fully saturated rings. The molecule has 1 heterocycles. The van der Waals surface area contributed by atoms with E-state index in [2.05, 4.69) is 33.4 Å². The van der Waals surface area contributed by atoms with Crippen molar-refractivity contribution in [2.24, 2.45) is 5.92 Å². The molecule has 0 radical (unpaired) electrons. The van der Waals surface area contributed by atoms with E-state index in [-0.39, 0.29) is 17.8 Å². The summed E-state index contributed by atoms with van der Waals surface area (Å²) in [6, 6.07) is 8.95. The lowest BCUT2D eigenvalue weighted by atomic mass is 9.77. The van der Waals surface area contributed by atoms with Gasteiger partial charge in [0.1, 0.15) is 5.82 Å². The molecule has 2 aromatic rings. The molecule has 2 aliphatic rings. The fourth-order valence-corrected chi connectivity index (χ4v) is 4.66. The van der Waals surface area contributed by atoms with Gasteiger partial charge in [0.25, 0.3) is 0 Å². The summed E-state index contributed by atoms with van der Waals surface area (Å²) >= 11 is 15.8.